The third kappa shape index (κ3) is 7.30. The van der Waals surface area contributed by atoms with Gasteiger partial charge in [0, 0.05) is 12.1 Å². The summed E-state index contributed by atoms with van der Waals surface area (Å²) >= 11 is 0. The van der Waals surface area contributed by atoms with E-state index >= 15 is 0 Å². The maximum atomic E-state index is 12.7. The molecule has 2 fully saturated rings. The summed E-state index contributed by atoms with van der Waals surface area (Å²) < 4.78 is 47.7. The van der Waals surface area contributed by atoms with Crippen molar-refractivity contribution in [2.75, 3.05) is 13.1 Å². The number of ether oxygens (including phenoxy) is 2. The predicted octanol–water partition coefficient (Wildman–Crippen LogP) is 5.60. The van der Waals surface area contributed by atoms with E-state index < -0.39 is 12.0 Å². The normalized spacial score (nSPS) is 23.9. The minimum Gasteiger partial charge on any atom is -0.444 e. The van der Waals surface area contributed by atoms with Crippen LogP contribution in [0.25, 0.3) is 0 Å². The lowest BCUT2D eigenvalue weighted by molar-refractivity contribution is -0.275. The van der Waals surface area contributed by atoms with E-state index in [2.05, 4.69) is 15.0 Å². The van der Waals surface area contributed by atoms with Crippen LogP contribution in [0, 0.1) is 0 Å². The Bertz CT molecular complexity index is 732. The van der Waals surface area contributed by atoms with Crippen molar-refractivity contribution in [2.45, 2.75) is 89.3 Å². The zero-order valence-electron chi connectivity index (χ0n) is 18.5. The van der Waals surface area contributed by atoms with Gasteiger partial charge in [0.2, 0.25) is 0 Å². The van der Waals surface area contributed by atoms with Gasteiger partial charge in [-0.15, -0.1) is 13.2 Å². The van der Waals surface area contributed by atoms with Crippen molar-refractivity contribution in [3.05, 3.63) is 29.8 Å². The highest BCUT2D eigenvalue weighted by atomic mass is 19.4. The second-order valence-corrected chi connectivity index (χ2v) is 9.55. The Morgan fingerprint density at radius 2 is 1.61 bits per heavy atom. The quantitative estimate of drug-likeness (QED) is 0.659. The number of likely N-dealkylation sites (tertiary alicyclic amines) is 1. The van der Waals surface area contributed by atoms with Gasteiger partial charge in [0.05, 0.1) is 0 Å². The molecule has 0 radical (unpaired) electrons. The number of amides is 1. The molecule has 3 rings (SSSR count). The van der Waals surface area contributed by atoms with Gasteiger partial charge in [-0.05, 0) is 89.9 Å². The molecule has 0 unspecified atom stereocenters. The van der Waals surface area contributed by atoms with Gasteiger partial charge in [0.15, 0.2) is 0 Å². The highest BCUT2D eigenvalue weighted by molar-refractivity contribution is 5.68. The van der Waals surface area contributed by atoms with Crippen molar-refractivity contribution >= 4 is 6.09 Å². The monoisotopic (exact) mass is 442 g/mol. The van der Waals surface area contributed by atoms with Crippen LogP contribution < -0.4 is 10.1 Å². The summed E-state index contributed by atoms with van der Waals surface area (Å²) in [6, 6.07) is 7.07. The van der Waals surface area contributed by atoms with Crippen LogP contribution in [0.15, 0.2) is 24.3 Å². The third-order valence-corrected chi connectivity index (χ3v) is 6.05. The zero-order chi connectivity index (χ0) is 22.6. The maximum Gasteiger partial charge on any atom is 0.573 e. The molecule has 1 saturated carbocycles. The molecule has 2 aliphatic rings. The van der Waals surface area contributed by atoms with E-state index in [1.165, 1.54) is 6.07 Å². The van der Waals surface area contributed by atoms with Gasteiger partial charge in [0.1, 0.15) is 11.4 Å². The van der Waals surface area contributed by atoms with Crippen molar-refractivity contribution in [3.8, 4) is 5.75 Å². The van der Waals surface area contributed by atoms with E-state index in [0.29, 0.717) is 11.6 Å². The van der Waals surface area contributed by atoms with Gasteiger partial charge >= 0.3 is 12.5 Å². The van der Waals surface area contributed by atoms with Crippen LogP contribution in [-0.4, -0.2) is 48.1 Å². The molecular formula is C23H33F3N2O3. The molecule has 1 aliphatic heterocycles. The van der Waals surface area contributed by atoms with Gasteiger partial charge in [-0.2, -0.15) is 0 Å². The Labute approximate surface area is 182 Å². The lowest BCUT2D eigenvalue weighted by Crippen LogP contribution is -2.47. The van der Waals surface area contributed by atoms with Crippen LogP contribution in [0.5, 0.6) is 5.75 Å². The van der Waals surface area contributed by atoms with E-state index in [9.17, 15) is 18.0 Å². The lowest BCUT2D eigenvalue weighted by Gasteiger charge is -2.41. The smallest absolute Gasteiger partial charge is 0.444 e. The summed E-state index contributed by atoms with van der Waals surface area (Å²) in [5.41, 5.74) is 0.139. The summed E-state index contributed by atoms with van der Waals surface area (Å²) in [4.78, 5) is 14.4. The van der Waals surface area contributed by atoms with Crippen molar-refractivity contribution in [3.63, 3.8) is 0 Å². The van der Waals surface area contributed by atoms with Crippen LogP contribution >= 0.6 is 0 Å². The molecule has 8 heteroatoms. The van der Waals surface area contributed by atoms with E-state index in [4.69, 9.17) is 4.74 Å². The van der Waals surface area contributed by atoms with Crippen LogP contribution in [-0.2, 0) is 4.74 Å². The Morgan fingerprint density at radius 1 is 1.00 bits per heavy atom. The number of benzene rings is 1. The molecule has 0 spiro atoms. The molecule has 0 aromatic heterocycles. The molecule has 0 bridgehead atoms. The molecule has 174 valence electrons. The van der Waals surface area contributed by atoms with Gasteiger partial charge < -0.3 is 19.7 Å². The summed E-state index contributed by atoms with van der Waals surface area (Å²) in [5.74, 6) is -0.0119. The minimum absolute atomic E-state index is 0.0694. The zero-order valence-corrected chi connectivity index (χ0v) is 18.5. The van der Waals surface area contributed by atoms with E-state index in [-0.39, 0.29) is 23.8 Å². The standard InChI is InChI=1S/C23H33F3N2O3/c1-22(2,3)31-21(29)27-17-8-10-18(11-9-17)28-14-12-16(13-15-28)19-6-4-5-7-20(19)30-23(24,25)26/h4-7,16-18H,8-15H2,1-3H3,(H,27,29). The minimum atomic E-state index is -4.68. The topological polar surface area (TPSA) is 50.8 Å². The number of nitrogens with zero attached hydrogens (tertiary/aromatic N) is 1. The number of hydrogen-bond donors (Lipinski definition) is 1. The first-order valence-electron chi connectivity index (χ1n) is 11.1. The van der Waals surface area contributed by atoms with Crippen molar-refractivity contribution in [1.29, 1.82) is 0 Å². The Balaban J connectivity index is 1.47. The molecule has 1 N–H and O–H groups in total. The Hall–Kier alpha value is -1.96. The molecule has 1 amide bonds. The number of para-hydroxylation sites is 1. The first kappa shape index (κ1) is 23.7. The summed E-state index contributed by atoms with van der Waals surface area (Å²) in [6.07, 6.45) is 0.401. The number of alkyl carbamates (subject to hydrolysis) is 1. The van der Waals surface area contributed by atoms with E-state index in [1.54, 1.807) is 18.2 Å². The molecule has 1 aliphatic carbocycles. The average Bonchev–Trinajstić information content (AvgIpc) is 2.66. The van der Waals surface area contributed by atoms with Crippen LogP contribution in [0.4, 0.5) is 18.0 Å². The number of rotatable bonds is 4. The van der Waals surface area contributed by atoms with E-state index in [0.717, 1.165) is 51.6 Å². The number of halogens is 3. The number of hydrogen-bond acceptors (Lipinski definition) is 4. The highest BCUT2D eigenvalue weighted by Gasteiger charge is 2.35. The average molecular weight is 443 g/mol. The van der Waals surface area contributed by atoms with Gasteiger partial charge in [-0.25, -0.2) is 4.79 Å². The number of carbonyl (C=O) groups excluding carboxylic acids is 1. The number of carbonyl (C=O) groups is 1. The lowest BCUT2D eigenvalue weighted by atomic mass is 9.85. The molecular weight excluding hydrogens is 409 g/mol. The summed E-state index contributed by atoms with van der Waals surface area (Å²) in [7, 11) is 0. The second kappa shape index (κ2) is 9.67. The molecule has 1 aromatic rings. The van der Waals surface area contributed by atoms with Crippen molar-refractivity contribution < 1.29 is 27.4 Å². The summed E-state index contributed by atoms with van der Waals surface area (Å²) in [6.45, 7) is 7.27. The first-order valence-corrected chi connectivity index (χ1v) is 11.1. The van der Waals surface area contributed by atoms with Crippen molar-refractivity contribution in [2.24, 2.45) is 0 Å². The Morgan fingerprint density at radius 3 is 2.19 bits per heavy atom. The van der Waals surface area contributed by atoms with Crippen LogP contribution in [0.1, 0.15) is 70.8 Å². The van der Waals surface area contributed by atoms with Gasteiger partial charge in [0.25, 0.3) is 0 Å². The SMILES string of the molecule is CC(C)(C)OC(=O)NC1CCC(N2CCC(c3ccccc3OC(F)(F)F)CC2)CC1. The number of nitrogens with one attached hydrogen (secondary N) is 1. The van der Waals surface area contributed by atoms with Crippen LogP contribution in [0.2, 0.25) is 0 Å². The molecule has 1 saturated heterocycles. The summed E-state index contributed by atoms with van der Waals surface area (Å²) in [5, 5.41) is 2.97. The molecule has 31 heavy (non-hydrogen) atoms. The number of alkyl halides is 3. The molecule has 0 atom stereocenters. The molecule has 1 aromatic carbocycles. The predicted molar refractivity (Wildman–Crippen MR) is 112 cm³/mol. The highest BCUT2D eigenvalue weighted by Crippen LogP contribution is 2.38. The van der Waals surface area contributed by atoms with E-state index in [1.807, 2.05) is 20.8 Å². The maximum absolute atomic E-state index is 12.7. The fraction of sp³-hybridized carbons (Fsp3) is 0.696. The third-order valence-electron chi connectivity index (χ3n) is 6.05. The van der Waals surface area contributed by atoms with Crippen LogP contribution in [0.3, 0.4) is 0 Å². The fourth-order valence-electron chi connectivity index (χ4n) is 4.67. The fourth-order valence-corrected chi connectivity index (χ4v) is 4.67. The van der Waals surface area contributed by atoms with Crippen molar-refractivity contribution in [1.82, 2.24) is 10.2 Å². The van der Waals surface area contributed by atoms with Gasteiger partial charge in [-0.1, -0.05) is 18.2 Å². The molecule has 1 heterocycles. The Kier molecular flexibility index (Phi) is 7.39. The van der Waals surface area contributed by atoms with Gasteiger partial charge in [-0.3, -0.25) is 0 Å². The number of piperidine rings is 1. The first-order chi connectivity index (χ1) is 14.5. The second-order valence-electron chi connectivity index (χ2n) is 9.55. The largest absolute Gasteiger partial charge is 0.573 e. The molecule has 5 nitrogen and oxygen atoms in total.